The maximum atomic E-state index is 8.49. The van der Waals surface area contributed by atoms with Crippen molar-refractivity contribution >= 4 is 4.79 Å². The monoisotopic (exact) mass is 146 g/mol. The second-order valence-electron chi connectivity index (χ2n) is 0.0615. The molecule has 0 aromatic carbocycles. The topological polar surface area (TPSA) is 17.1 Å². The molecule has 0 amide bonds. The Kier molecular flexibility index (Phi) is 20.9. The molecule has 0 unspecified atom stereocenters. The van der Waals surface area contributed by atoms with E-state index in [9.17, 15) is 0 Å². The number of hydrogen-bond donors (Lipinski definition) is 0. The Labute approximate surface area is 42.6 Å². The van der Waals surface area contributed by atoms with Crippen LogP contribution in [0.15, 0.2) is 0 Å². The van der Waals surface area contributed by atoms with Crippen LogP contribution in [0.1, 0.15) is 0 Å². The van der Waals surface area contributed by atoms with Crippen molar-refractivity contribution in [2.24, 2.45) is 0 Å². The summed E-state index contributed by atoms with van der Waals surface area (Å²) in [6.07, 6.45) is 0. The van der Waals surface area contributed by atoms with Crippen LogP contribution in [0, 0.1) is 0 Å². The molecule has 1 nitrogen and oxygen atoms in total. The molecule has 0 saturated carbocycles. The Morgan fingerprint density at radius 3 is 1.75 bits per heavy atom. The summed E-state index contributed by atoms with van der Waals surface area (Å²) in [5.74, 6) is 0. The van der Waals surface area contributed by atoms with Crippen LogP contribution in [0.5, 0.6) is 0 Å². The molecule has 28 valence electrons. The molecule has 0 N–H and O–H groups in total. The average Bonchev–Trinajstić information content (AvgIpc) is 0.918. The van der Waals surface area contributed by atoms with Crippen LogP contribution in [0.4, 0.5) is 0 Å². The first-order chi connectivity index (χ1) is 1.41. The van der Waals surface area contributed by atoms with Gasteiger partial charge < -0.3 is 0 Å². The zero-order valence-electron chi connectivity index (χ0n) is 1.59. The molecular weight excluding hydrogens is 146 g/mol. The normalized spacial score (nSPS) is 2.50. The smallest absolute Gasteiger partial charge is 0 e. The van der Waals surface area contributed by atoms with Crippen molar-refractivity contribution in [2.45, 2.75) is 0 Å². The van der Waals surface area contributed by atoms with Crippen molar-refractivity contribution in [3.63, 3.8) is 0 Å². The number of rotatable bonds is 0. The van der Waals surface area contributed by atoms with Gasteiger partial charge in [-0.25, -0.2) is 0 Å². The van der Waals surface area contributed by atoms with Crippen LogP contribution in [0.25, 0.3) is 0 Å². The molecule has 0 atom stereocenters. The fraction of sp³-hybridized carbons (Fsp3) is 0. The zero-order valence-corrected chi connectivity index (χ0v) is 3.71. The van der Waals surface area contributed by atoms with Gasteiger partial charge in [0, 0.05) is 17.1 Å². The van der Waals surface area contributed by atoms with E-state index in [0.29, 0.717) is 0 Å². The Bertz CT molecular complexity index is 29.0. The van der Waals surface area contributed by atoms with Gasteiger partial charge in [0.2, 0.25) is 0 Å². The fourth-order valence-corrected chi connectivity index (χ4v) is 0. The number of hydrogen-bond acceptors (Lipinski definition) is 1. The van der Waals surface area contributed by atoms with Crippen LogP contribution in [-0.4, -0.2) is 4.79 Å². The van der Waals surface area contributed by atoms with Crippen LogP contribution in [0.2, 0.25) is 0 Å². The maximum absolute atomic E-state index is 8.49. The fourth-order valence-electron chi connectivity index (χ4n) is 0. The first-order valence-electron chi connectivity index (χ1n) is 0.355. The quantitative estimate of drug-likeness (QED) is 0.425. The van der Waals surface area contributed by atoms with Gasteiger partial charge in [0.1, 0.15) is 0 Å². The zero-order chi connectivity index (χ0) is 2.71. The van der Waals surface area contributed by atoms with Crippen molar-refractivity contribution in [2.75, 3.05) is 0 Å². The summed E-state index contributed by atoms with van der Waals surface area (Å²) in [6.45, 7) is 0. The van der Waals surface area contributed by atoms with E-state index in [4.69, 9.17) is 4.79 Å². The van der Waals surface area contributed by atoms with Gasteiger partial charge in [-0.3, -0.25) is 0 Å². The summed E-state index contributed by atoms with van der Waals surface area (Å²) >= 11 is 3.70. The Morgan fingerprint density at radius 1 is 1.75 bits per heavy atom. The third-order valence-corrected chi connectivity index (χ3v) is 0. The predicted octanol–water partition coefficient (Wildman–Crippen LogP) is -0.402. The molecule has 0 aliphatic rings. The van der Waals surface area contributed by atoms with E-state index in [1.54, 1.807) is 0 Å². The Balaban J connectivity index is 0. The Morgan fingerprint density at radius 2 is 1.75 bits per heavy atom. The van der Waals surface area contributed by atoms with Gasteiger partial charge in [-0.1, -0.05) is 0 Å². The summed E-state index contributed by atoms with van der Waals surface area (Å²) in [4.78, 5) is 9.55. The molecule has 0 rings (SSSR count). The molecule has 0 heterocycles. The third-order valence-electron chi connectivity index (χ3n) is 0. The molecule has 0 spiro atoms. The minimum atomic E-state index is 0. The first-order valence-corrected chi connectivity index (χ1v) is 0.826. The molecule has 0 fully saturated rings. The standard InChI is InChI=1S/CO.Cu.Mn/c1-2;;. The van der Waals surface area contributed by atoms with Crippen molar-refractivity contribution in [3.05, 3.63) is 0 Å². The van der Waals surface area contributed by atoms with Crippen LogP contribution in [-0.2, 0) is 37.4 Å². The predicted molar refractivity (Wildman–Crippen MR) is 5.69 cm³/mol. The molecule has 0 bridgehead atoms. The molecule has 0 saturated heterocycles. The molecular formula is CCuMnO. The van der Waals surface area contributed by atoms with E-state index in [1.807, 2.05) is 0 Å². The summed E-state index contributed by atoms with van der Waals surface area (Å²) in [7, 11) is 0. The van der Waals surface area contributed by atoms with Gasteiger partial charge in [0.15, 0.2) is 0 Å². The van der Waals surface area contributed by atoms with Gasteiger partial charge in [0.05, 0.1) is 0 Å². The van der Waals surface area contributed by atoms with Crippen molar-refractivity contribution in [1.82, 2.24) is 0 Å². The molecule has 3 heteroatoms. The molecule has 4 heavy (non-hydrogen) atoms. The second kappa shape index (κ2) is 9.47. The molecule has 0 aliphatic heterocycles. The third kappa shape index (κ3) is 17.9. The minimum Gasteiger partial charge on any atom is 0 e. The van der Waals surface area contributed by atoms with E-state index in [2.05, 4.69) is 15.6 Å². The van der Waals surface area contributed by atoms with E-state index >= 15 is 0 Å². The van der Waals surface area contributed by atoms with Gasteiger partial charge in [0.25, 0.3) is 0 Å². The summed E-state index contributed by atoms with van der Waals surface area (Å²) in [6, 6.07) is 0. The number of carbonyl (C=O) groups excluding carboxylic acids is 1. The maximum Gasteiger partial charge on any atom is 0 e. The molecule has 0 aromatic heterocycles. The molecule has 1 radical (unpaired) electrons. The van der Waals surface area contributed by atoms with Crippen LogP contribution >= 0.6 is 0 Å². The van der Waals surface area contributed by atoms with E-state index < -0.39 is 0 Å². The SMILES string of the molecule is O=[C]=[Cu].[Mn]. The van der Waals surface area contributed by atoms with Gasteiger partial charge >= 0.3 is 25.2 Å². The van der Waals surface area contributed by atoms with Gasteiger partial charge in [-0.05, 0) is 0 Å². The molecule has 0 aromatic rings. The van der Waals surface area contributed by atoms with Gasteiger partial charge in [-0.15, -0.1) is 0 Å². The van der Waals surface area contributed by atoms with Crippen molar-refractivity contribution < 1.29 is 37.4 Å². The van der Waals surface area contributed by atoms with Crippen molar-refractivity contribution in [3.8, 4) is 0 Å². The Hall–Kier alpha value is 0.619. The minimum absolute atomic E-state index is 0. The average molecular weight is 146 g/mol. The van der Waals surface area contributed by atoms with Crippen LogP contribution < -0.4 is 0 Å². The molecule has 0 aliphatic carbocycles. The largest absolute Gasteiger partial charge is 0 e. The summed E-state index contributed by atoms with van der Waals surface area (Å²) < 4.78 is 0. The van der Waals surface area contributed by atoms with Crippen molar-refractivity contribution in [1.29, 1.82) is 0 Å². The van der Waals surface area contributed by atoms with E-state index in [1.165, 1.54) is 0 Å². The van der Waals surface area contributed by atoms with E-state index in [0.717, 1.165) is 4.79 Å². The summed E-state index contributed by atoms with van der Waals surface area (Å²) in [5.41, 5.74) is 0. The van der Waals surface area contributed by atoms with Gasteiger partial charge in [-0.2, -0.15) is 0 Å². The first kappa shape index (κ1) is 8.82. The summed E-state index contributed by atoms with van der Waals surface area (Å²) in [5, 5.41) is 0. The van der Waals surface area contributed by atoms with E-state index in [-0.39, 0.29) is 17.1 Å². The van der Waals surface area contributed by atoms with Crippen LogP contribution in [0.3, 0.4) is 0 Å². The second-order valence-corrected chi connectivity index (χ2v) is 0.254.